The number of imide groups is 1. The van der Waals surface area contributed by atoms with E-state index >= 15 is 0 Å². The molecule has 0 atom stereocenters. The van der Waals surface area contributed by atoms with E-state index in [1.54, 1.807) is 42.5 Å². The number of amides is 3. The van der Waals surface area contributed by atoms with Gasteiger partial charge in [0.1, 0.15) is 12.3 Å². The van der Waals surface area contributed by atoms with Crippen molar-refractivity contribution in [1.29, 1.82) is 0 Å². The number of nitrogens with zero attached hydrogens (tertiary/aromatic N) is 1. The molecule has 1 aliphatic heterocycles. The normalized spacial score (nSPS) is 15.4. The van der Waals surface area contributed by atoms with Crippen LogP contribution in [0.15, 0.2) is 41.3 Å². The van der Waals surface area contributed by atoms with Crippen LogP contribution in [0.4, 0.5) is 10.5 Å². The van der Waals surface area contributed by atoms with Gasteiger partial charge in [0.05, 0.1) is 12.0 Å². The number of anilines is 1. The number of nitrogens with one attached hydrogen (secondary N) is 1. The summed E-state index contributed by atoms with van der Waals surface area (Å²) < 4.78 is 1.27. The van der Waals surface area contributed by atoms with Gasteiger partial charge in [-0.3, -0.25) is 19.3 Å². The Morgan fingerprint density at radius 1 is 1.18 bits per heavy atom. The molecule has 0 radical (unpaired) electrons. The van der Waals surface area contributed by atoms with Crippen molar-refractivity contribution < 1.29 is 19.5 Å². The maximum atomic E-state index is 12.6. The summed E-state index contributed by atoms with van der Waals surface area (Å²) in [5.74, 6) is -0.843. The lowest BCUT2D eigenvalue weighted by Gasteiger charge is -2.12. The number of hydrogen-bond acceptors (Lipinski definition) is 5. The van der Waals surface area contributed by atoms with Crippen LogP contribution in [0.5, 0.6) is 5.75 Å². The second kappa shape index (κ2) is 9.01. The zero-order chi connectivity index (χ0) is 20.4. The second-order valence-corrected chi connectivity index (χ2v) is 9.41. The van der Waals surface area contributed by atoms with Crippen LogP contribution in [0.3, 0.4) is 0 Å². The molecule has 2 N–H and O–H groups in total. The Balaban J connectivity index is 1.72. The van der Waals surface area contributed by atoms with Crippen molar-refractivity contribution in [2.24, 2.45) is 0 Å². The maximum Gasteiger partial charge on any atom is 0.294 e. The fourth-order valence-corrected chi connectivity index (χ4v) is 5.11. The van der Waals surface area contributed by atoms with Gasteiger partial charge in [-0.25, -0.2) is 0 Å². The SMILES string of the molecule is O=C(CN1C(=O)S/C(=C/c2cc(I)c(O)c(I)c2)C1=O)Nc1ccc(Cl)cc1. The van der Waals surface area contributed by atoms with Gasteiger partial charge in [-0.1, -0.05) is 11.6 Å². The number of carbonyl (C=O) groups is 3. The zero-order valence-corrected chi connectivity index (χ0v) is 19.8. The van der Waals surface area contributed by atoms with Crippen molar-refractivity contribution in [2.75, 3.05) is 11.9 Å². The summed E-state index contributed by atoms with van der Waals surface area (Å²) in [7, 11) is 0. The van der Waals surface area contributed by atoms with Crippen molar-refractivity contribution in [3.63, 3.8) is 0 Å². The lowest BCUT2D eigenvalue weighted by Crippen LogP contribution is -2.36. The number of thioether (sulfide) groups is 1. The van der Waals surface area contributed by atoms with Gasteiger partial charge in [0.25, 0.3) is 11.1 Å². The van der Waals surface area contributed by atoms with Crippen LogP contribution in [0.1, 0.15) is 5.56 Å². The van der Waals surface area contributed by atoms with Gasteiger partial charge < -0.3 is 10.4 Å². The highest BCUT2D eigenvalue weighted by atomic mass is 127. The van der Waals surface area contributed by atoms with Gasteiger partial charge >= 0.3 is 0 Å². The van der Waals surface area contributed by atoms with Gasteiger partial charge in [0.15, 0.2) is 0 Å². The molecule has 144 valence electrons. The molecule has 0 aromatic heterocycles. The van der Waals surface area contributed by atoms with Gasteiger partial charge in [0, 0.05) is 10.7 Å². The minimum absolute atomic E-state index is 0.172. The molecule has 1 aliphatic rings. The van der Waals surface area contributed by atoms with Gasteiger partial charge in [-0.15, -0.1) is 0 Å². The summed E-state index contributed by atoms with van der Waals surface area (Å²) in [5, 5.41) is 12.5. The molecule has 2 aromatic rings. The molecule has 3 amide bonds. The van der Waals surface area contributed by atoms with Gasteiger partial charge in [0.2, 0.25) is 5.91 Å². The number of phenolic OH excluding ortho intramolecular Hbond substituents is 1. The van der Waals surface area contributed by atoms with Crippen molar-refractivity contribution in [2.45, 2.75) is 0 Å². The largest absolute Gasteiger partial charge is 0.506 e. The minimum Gasteiger partial charge on any atom is -0.506 e. The van der Waals surface area contributed by atoms with Crippen LogP contribution in [0, 0.1) is 7.14 Å². The third-order valence-corrected chi connectivity index (χ3v) is 6.44. The number of phenols is 1. The lowest BCUT2D eigenvalue weighted by atomic mass is 10.2. The van der Waals surface area contributed by atoms with E-state index in [0.29, 0.717) is 23.4 Å². The molecule has 0 aliphatic carbocycles. The first-order valence-electron chi connectivity index (χ1n) is 7.73. The maximum absolute atomic E-state index is 12.6. The number of rotatable bonds is 4. The molecule has 1 saturated heterocycles. The van der Waals surface area contributed by atoms with Crippen molar-refractivity contribution in [1.82, 2.24) is 4.90 Å². The Hall–Kier alpha value is -1.31. The van der Waals surface area contributed by atoms with E-state index in [2.05, 4.69) is 5.32 Å². The van der Waals surface area contributed by atoms with E-state index in [9.17, 15) is 19.5 Å². The van der Waals surface area contributed by atoms with Gasteiger partial charge in [-0.05, 0) is 105 Å². The van der Waals surface area contributed by atoms with E-state index in [-0.39, 0.29) is 17.2 Å². The lowest BCUT2D eigenvalue weighted by molar-refractivity contribution is -0.127. The van der Waals surface area contributed by atoms with E-state index < -0.39 is 17.1 Å². The highest BCUT2D eigenvalue weighted by Gasteiger charge is 2.36. The number of hydrogen-bond donors (Lipinski definition) is 2. The van der Waals surface area contributed by atoms with Crippen molar-refractivity contribution in [3.8, 4) is 5.75 Å². The Morgan fingerprint density at radius 2 is 1.79 bits per heavy atom. The Bertz CT molecular complexity index is 988. The highest BCUT2D eigenvalue weighted by molar-refractivity contribution is 14.1. The van der Waals surface area contributed by atoms with Crippen LogP contribution in [-0.4, -0.2) is 33.6 Å². The topological polar surface area (TPSA) is 86.7 Å². The van der Waals surface area contributed by atoms with Crippen molar-refractivity contribution >= 4 is 97.4 Å². The molecule has 0 unspecified atom stereocenters. The fraction of sp³-hybridized carbons (Fsp3) is 0.0556. The zero-order valence-electron chi connectivity index (χ0n) is 13.9. The molecule has 0 saturated carbocycles. The summed E-state index contributed by atoms with van der Waals surface area (Å²) >= 11 is 10.6. The monoisotopic (exact) mass is 640 g/mol. The molecule has 6 nitrogen and oxygen atoms in total. The Labute approximate surface area is 197 Å². The standard InChI is InChI=1S/C18H11ClI2N2O4S/c19-10-1-3-11(4-2-10)22-15(24)8-23-17(26)14(28-18(23)27)7-9-5-12(20)16(25)13(21)6-9/h1-7,25H,8H2,(H,22,24)/b14-7+. The number of carbonyl (C=O) groups excluding carboxylic acids is 3. The summed E-state index contributed by atoms with van der Waals surface area (Å²) in [6.45, 7) is -0.380. The summed E-state index contributed by atoms with van der Waals surface area (Å²) in [6, 6.07) is 9.92. The first-order chi connectivity index (χ1) is 13.2. The summed E-state index contributed by atoms with van der Waals surface area (Å²) in [4.78, 5) is 38.1. The molecule has 3 rings (SSSR count). The summed E-state index contributed by atoms with van der Waals surface area (Å²) in [5.41, 5.74) is 1.20. The van der Waals surface area contributed by atoms with Crippen molar-refractivity contribution in [3.05, 3.63) is 59.0 Å². The van der Waals surface area contributed by atoms with E-state index in [0.717, 1.165) is 16.7 Å². The summed E-state index contributed by atoms with van der Waals surface area (Å²) in [6.07, 6.45) is 1.58. The van der Waals surface area contributed by atoms with E-state index in [1.807, 2.05) is 45.2 Å². The number of aromatic hydroxyl groups is 1. The van der Waals surface area contributed by atoms with E-state index in [4.69, 9.17) is 11.6 Å². The second-order valence-electron chi connectivity index (χ2n) is 5.66. The third kappa shape index (κ3) is 4.99. The molecule has 28 heavy (non-hydrogen) atoms. The Kier molecular flexibility index (Phi) is 6.89. The quantitative estimate of drug-likeness (QED) is 0.366. The first-order valence-corrected chi connectivity index (χ1v) is 11.1. The molecule has 1 heterocycles. The fourth-order valence-electron chi connectivity index (χ4n) is 2.33. The van der Waals surface area contributed by atoms with Gasteiger partial charge in [-0.2, -0.15) is 0 Å². The molecule has 0 bridgehead atoms. The molecule has 1 fully saturated rings. The van der Waals surface area contributed by atoms with Crippen LogP contribution in [0.25, 0.3) is 6.08 Å². The predicted octanol–water partition coefficient (Wildman–Crippen LogP) is 4.93. The highest BCUT2D eigenvalue weighted by Crippen LogP contribution is 2.34. The van der Waals surface area contributed by atoms with Crippen LogP contribution < -0.4 is 5.32 Å². The molecule has 10 heteroatoms. The van der Waals surface area contributed by atoms with Crippen LogP contribution >= 0.6 is 68.5 Å². The third-order valence-electron chi connectivity index (χ3n) is 3.64. The average molecular weight is 641 g/mol. The Morgan fingerprint density at radius 3 is 2.39 bits per heavy atom. The molecular weight excluding hydrogens is 630 g/mol. The number of halogens is 3. The minimum atomic E-state index is -0.528. The van der Waals surface area contributed by atoms with Crippen LogP contribution in [0.2, 0.25) is 5.02 Å². The predicted molar refractivity (Wildman–Crippen MR) is 126 cm³/mol. The van der Waals surface area contributed by atoms with Crippen LogP contribution in [-0.2, 0) is 9.59 Å². The average Bonchev–Trinajstić information content (AvgIpc) is 2.89. The number of benzene rings is 2. The molecule has 0 spiro atoms. The van der Waals surface area contributed by atoms with E-state index in [1.165, 1.54) is 0 Å². The molecule has 2 aromatic carbocycles. The smallest absolute Gasteiger partial charge is 0.294 e. The molecular formula is C18H11ClI2N2O4S. The first kappa shape index (κ1) is 21.4.